The molecule has 0 atom stereocenters. The third-order valence-electron chi connectivity index (χ3n) is 3.73. The number of halogens is 1. The molecule has 3 rings (SSSR count). The number of nitrogens with zero attached hydrogens (tertiary/aromatic N) is 3. The number of aromatic nitrogens is 3. The summed E-state index contributed by atoms with van der Waals surface area (Å²) in [6.45, 7) is 4.41. The average molecular weight is 323 g/mol. The molecule has 0 unspecified atom stereocenters. The van der Waals surface area contributed by atoms with Crippen LogP contribution in [0.2, 0.25) is 0 Å². The summed E-state index contributed by atoms with van der Waals surface area (Å²) in [6.07, 6.45) is 1.55. The minimum atomic E-state index is -0.262. The summed E-state index contributed by atoms with van der Waals surface area (Å²) in [6, 6.07) is 12.7. The van der Waals surface area contributed by atoms with Crippen LogP contribution in [0.1, 0.15) is 16.7 Å². The molecule has 1 aromatic heterocycles. The van der Waals surface area contributed by atoms with E-state index in [1.54, 1.807) is 24.4 Å². The molecule has 0 aliphatic carbocycles. The monoisotopic (exact) mass is 323 g/mol. The van der Waals surface area contributed by atoms with Gasteiger partial charge in [0.05, 0.1) is 6.20 Å². The van der Waals surface area contributed by atoms with Crippen LogP contribution in [0.25, 0.3) is 0 Å². The minimum Gasteiger partial charge on any atom is -0.349 e. The third kappa shape index (κ3) is 3.84. The van der Waals surface area contributed by atoms with Crippen molar-refractivity contribution in [3.8, 4) is 0 Å². The van der Waals surface area contributed by atoms with Crippen molar-refractivity contribution < 1.29 is 4.39 Å². The van der Waals surface area contributed by atoms with Gasteiger partial charge in [0, 0.05) is 17.8 Å². The Morgan fingerprint density at radius 1 is 1.04 bits per heavy atom. The molecule has 0 fully saturated rings. The van der Waals surface area contributed by atoms with Gasteiger partial charge in [-0.3, -0.25) is 0 Å². The molecule has 5 nitrogen and oxygen atoms in total. The van der Waals surface area contributed by atoms with Crippen LogP contribution >= 0.6 is 0 Å². The lowest BCUT2D eigenvalue weighted by atomic mass is 10.1. The highest BCUT2D eigenvalue weighted by Gasteiger charge is 2.04. The Labute approximate surface area is 140 Å². The molecular weight excluding hydrogens is 305 g/mol. The van der Waals surface area contributed by atoms with Crippen molar-refractivity contribution in [2.45, 2.75) is 20.4 Å². The molecule has 1 heterocycles. The Bertz CT molecular complexity index is 850. The zero-order valence-corrected chi connectivity index (χ0v) is 13.5. The Morgan fingerprint density at radius 2 is 1.88 bits per heavy atom. The van der Waals surface area contributed by atoms with Gasteiger partial charge in [0.25, 0.3) is 0 Å². The second-order valence-electron chi connectivity index (χ2n) is 5.53. The standard InChI is InChI=1S/C18H18FN5/c1-12-7-8-15(9-13(12)2)22-17-11-21-24-18(23-17)20-10-14-5-3-4-6-16(14)19/h3-9,11H,10H2,1-2H3,(H2,20,22,23,24). The summed E-state index contributed by atoms with van der Waals surface area (Å²) in [5.41, 5.74) is 3.90. The smallest absolute Gasteiger partial charge is 0.244 e. The molecule has 0 spiro atoms. The molecule has 0 saturated heterocycles. The predicted molar refractivity (Wildman–Crippen MR) is 92.8 cm³/mol. The maximum atomic E-state index is 13.6. The lowest BCUT2D eigenvalue weighted by molar-refractivity contribution is 0.612. The van der Waals surface area contributed by atoms with Crippen LogP contribution < -0.4 is 10.6 Å². The van der Waals surface area contributed by atoms with Crippen LogP contribution in [0.15, 0.2) is 48.7 Å². The predicted octanol–water partition coefficient (Wildman–Crippen LogP) is 3.98. The lowest BCUT2D eigenvalue weighted by Gasteiger charge is -2.09. The highest BCUT2D eigenvalue weighted by Crippen LogP contribution is 2.18. The molecule has 0 aliphatic rings. The zero-order chi connectivity index (χ0) is 16.9. The molecule has 0 radical (unpaired) electrons. The maximum absolute atomic E-state index is 13.6. The lowest BCUT2D eigenvalue weighted by Crippen LogP contribution is -2.07. The maximum Gasteiger partial charge on any atom is 0.244 e. The van der Waals surface area contributed by atoms with Crippen molar-refractivity contribution in [2.75, 3.05) is 10.6 Å². The fraction of sp³-hybridized carbons (Fsp3) is 0.167. The van der Waals surface area contributed by atoms with E-state index in [1.807, 2.05) is 18.2 Å². The van der Waals surface area contributed by atoms with Gasteiger partial charge in [-0.2, -0.15) is 10.1 Å². The molecule has 0 bridgehead atoms. The molecule has 3 aromatic rings. The van der Waals surface area contributed by atoms with Crippen LogP contribution in [0.3, 0.4) is 0 Å². The van der Waals surface area contributed by atoms with Crippen LogP contribution in [-0.2, 0) is 6.54 Å². The number of aryl methyl sites for hydroxylation is 2. The van der Waals surface area contributed by atoms with E-state index in [1.165, 1.54) is 17.2 Å². The molecular formula is C18H18FN5. The highest BCUT2D eigenvalue weighted by molar-refractivity contribution is 5.58. The van der Waals surface area contributed by atoms with Gasteiger partial charge in [0.1, 0.15) is 5.82 Å². The Hall–Kier alpha value is -3.02. The summed E-state index contributed by atoms with van der Waals surface area (Å²) < 4.78 is 13.6. The van der Waals surface area contributed by atoms with Gasteiger partial charge in [-0.05, 0) is 43.2 Å². The molecule has 0 amide bonds. The fourth-order valence-corrected chi connectivity index (χ4v) is 2.22. The first-order chi connectivity index (χ1) is 11.6. The normalized spacial score (nSPS) is 10.5. The number of anilines is 3. The first-order valence-corrected chi connectivity index (χ1v) is 7.63. The van der Waals surface area contributed by atoms with Gasteiger partial charge < -0.3 is 10.6 Å². The SMILES string of the molecule is Cc1ccc(Nc2cnnc(NCc3ccccc3F)n2)cc1C. The van der Waals surface area contributed by atoms with Crippen molar-refractivity contribution in [3.63, 3.8) is 0 Å². The highest BCUT2D eigenvalue weighted by atomic mass is 19.1. The Kier molecular flexibility index (Phi) is 4.65. The van der Waals surface area contributed by atoms with Gasteiger partial charge in [-0.25, -0.2) is 4.39 Å². The van der Waals surface area contributed by atoms with Crippen LogP contribution in [0.5, 0.6) is 0 Å². The fourth-order valence-electron chi connectivity index (χ4n) is 2.22. The van der Waals surface area contributed by atoms with Crippen LogP contribution in [-0.4, -0.2) is 15.2 Å². The average Bonchev–Trinajstić information content (AvgIpc) is 2.58. The van der Waals surface area contributed by atoms with Crippen molar-refractivity contribution in [2.24, 2.45) is 0 Å². The quantitative estimate of drug-likeness (QED) is 0.743. The van der Waals surface area contributed by atoms with Crippen molar-refractivity contribution in [3.05, 3.63) is 71.2 Å². The number of hydrogen-bond donors (Lipinski definition) is 2. The zero-order valence-electron chi connectivity index (χ0n) is 13.5. The first-order valence-electron chi connectivity index (χ1n) is 7.63. The van der Waals surface area contributed by atoms with Crippen LogP contribution in [0.4, 0.5) is 21.8 Å². The van der Waals surface area contributed by atoms with Gasteiger partial charge >= 0.3 is 0 Å². The second-order valence-corrected chi connectivity index (χ2v) is 5.53. The number of hydrogen-bond acceptors (Lipinski definition) is 5. The van der Waals surface area contributed by atoms with Crippen molar-refractivity contribution in [1.82, 2.24) is 15.2 Å². The van der Waals surface area contributed by atoms with E-state index in [9.17, 15) is 4.39 Å². The van der Waals surface area contributed by atoms with Gasteiger partial charge in [0.15, 0.2) is 5.82 Å². The molecule has 6 heteroatoms. The molecule has 0 saturated carbocycles. The van der Waals surface area contributed by atoms with E-state index in [-0.39, 0.29) is 5.82 Å². The van der Waals surface area contributed by atoms with Crippen molar-refractivity contribution >= 4 is 17.5 Å². The minimum absolute atomic E-state index is 0.262. The second kappa shape index (κ2) is 7.04. The Morgan fingerprint density at radius 3 is 2.67 bits per heavy atom. The topological polar surface area (TPSA) is 62.7 Å². The van der Waals surface area contributed by atoms with Gasteiger partial charge in [0.2, 0.25) is 5.95 Å². The number of benzene rings is 2. The van der Waals surface area contributed by atoms with E-state index in [4.69, 9.17) is 0 Å². The van der Waals surface area contributed by atoms with Gasteiger partial charge in [-0.1, -0.05) is 24.3 Å². The van der Waals surface area contributed by atoms with E-state index >= 15 is 0 Å². The summed E-state index contributed by atoms with van der Waals surface area (Å²) in [5.74, 6) is 0.652. The van der Waals surface area contributed by atoms with E-state index in [0.29, 0.717) is 23.9 Å². The largest absolute Gasteiger partial charge is 0.349 e. The summed E-state index contributed by atoms with van der Waals surface area (Å²) in [4.78, 5) is 4.35. The van der Waals surface area contributed by atoms with Gasteiger partial charge in [-0.15, -0.1) is 5.10 Å². The van der Waals surface area contributed by atoms with Crippen LogP contribution in [0, 0.1) is 19.7 Å². The van der Waals surface area contributed by atoms with Crippen molar-refractivity contribution in [1.29, 1.82) is 0 Å². The molecule has 0 aliphatic heterocycles. The molecule has 24 heavy (non-hydrogen) atoms. The third-order valence-corrected chi connectivity index (χ3v) is 3.73. The molecule has 122 valence electrons. The summed E-state index contributed by atoms with van der Waals surface area (Å²) in [5, 5.41) is 14.0. The van der Waals surface area contributed by atoms with E-state index in [0.717, 1.165) is 5.69 Å². The summed E-state index contributed by atoms with van der Waals surface area (Å²) >= 11 is 0. The number of rotatable bonds is 5. The number of nitrogens with one attached hydrogen (secondary N) is 2. The molecule has 2 N–H and O–H groups in total. The first kappa shape index (κ1) is 15.9. The van der Waals surface area contributed by atoms with E-state index < -0.39 is 0 Å². The Balaban J connectivity index is 1.69. The molecule has 2 aromatic carbocycles. The summed E-state index contributed by atoms with van der Waals surface area (Å²) in [7, 11) is 0. The van der Waals surface area contributed by atoms with E-state index in [2.05, 4.69) is 39.7 Å².